The molecule has 1 aliphatic rings. The van der Waals surface area contributed by atoms with Crippen molar-refractivity contribution in [1.29, 1.82) is 0 Å². The van der Waals surface area contributed by atoms with Crippen LogP contribution in [0.3, 0.4) is 0 Å². The van der Waals surface area contributed by atoms with Crippen molar-refractivity contribution in [2.24, 2.45) is 30.9 Å². The zero-order valence-electron chi connectivity index (χ0n) is 15.9. The molecule has 0 radical (unpaired) electrons. The van der Waals surface area contributed by atoms with Crippen LogP contribution in [0, 0.1) is 16.5 Å². The summed E-state index contributed by atoms with van der Waals surface area (Å²) in [6.45, 7) is 4.01. The normalized spacial score (nSPS) is 21.5. The van der Waals surface area contributed by atoms with Crippen LogP contribution in [0.15, 0.2) is 9.79 Å². The second-order valence-electron chi connectivity index (χ2n) is 7.05. The predicted octanol–water partition coefficient (Wildman–Crippen LogP) is 3.60. The number of ketones is 1. The molecule has 0 amide bonds. The minimum absolute atomic E-state index is 0.155. The Labute approximate surface area is 163 Å². The Morgan fingerprint density at radius 2 is 1.92 bits per heavy atom. The fraction of sp³-hybridized carbons (Fsp3) is 0.667. The van der Waals surface area contributed by atoms with E-state index in [2.05, 4.69) is 11.9 Å². The number of nitrogen functional groups attached to an aromatic ring is 1. The summed E-state index contributed by atoms with van der Waals surface area (Å²) in [4.78, 5) is 29.2. The van der Waals surface area contributed by atoms with Gasteiger partial charge in [0.1, 0.15) is 16.1 Å². The van der Waals surface area contributed by atoms with Gasteiger partial charge in [0.2, 0.25) is 0 Å². The number of carbonyl (C=O) groups is 1. The molecule has 0 saturated heterocycles. The van der Waals surface area contributed by atoms with Crippen LogP contribution in [-0.2, 0) is 18.9 Å². The van der Waals surface area contributed by atoms with Gasteiger partial charge in [0, 0.05) is 20.0 Å². The lowest BCUT2D eigenvalue weighted by molar-refractivity contribution is -0.121. The van der Waals surface area contributed by atoms with Gasteiger partial charge < -0.3 is 5.73 Å². The number of rotatable bonds is 4. The standard InChI is InChI=1S/C18H28N4O2S2/c1-11-8-6-5-7-9-13(11)14(23)10-26-12(2)20-16-15(19)17(25)22(4)18(24)21(16)3/h11,13H,5-10,19H2,1-4H3/b20-12+. The predicted molar refractivity (Wildman–Crippen MR) is 112 cm³/mol. The maximum absolute atomic E-state index is 12.6. The van der Waals surface area contributed by atoms with Gasteiger partial charge in [0.25, 0.3) is 0 Å². The van der Waals surface area contributed by atoms with Crippen LogP contribution in [0.4, 0.5) is 11.5 Å². The lowest BCUT2D eigenvalue weighted by atomic mass is 9.87. The van der Waals surface area contributed by atoms with E-state index in [0.717, 1.165) is 19.3 Å². The van der Waals surface area contributed by atoms with E-state index in [9.17, 15) is 9.59 Å². The van der Waals surface area contributed by atoms with Gasteiger partial charge in [0.15, 0.2) is 5.82 Å². The minimum atomic E-state index is -0.274. The van der Waals surface area contributed by atoms with E-state index in [4.69, 9.17) is 18.0 Å². The van der Waals surface area contributed by atoms with E-state index >= 15 is 0 Å². The molecule has 1 aromatic rings. The van der Waals surface area contributed by atoms with E-state index < -0.39 is 0 Å². The maximum Gasteiger partial charge on any atom is 0.330 e. The number of hydrogen-bond donors (Lipinski definition) is 1. The zero-order valence-corrected chi connectivity index (χ0v) is 17.6. The fourth-order valence-corrected chi connectivity index (χ4v) is 4.32. The molecule has 6 nitrogen and oxygen atoms in total. The second kappa shape index (κ2) is 8.99. The van der Waals surface area contributed by atoms with Crippen molar-refractivity contribution >= 4 is 46.3 Å². The molecule has 144 valence electrons. The molecule has 0 bridgehead atoms. The number of thioether (sulfide) groups is 1. The molecule has 1 fully saturated rings. The number of nitrogens with zero attached hydrogens (tertiary/aromatic N) is 3. The number of anilines is 1. The molecular formula is C18H28N4O2S2. The van der Waals surface area contributed by atoms with Gasteiger partial charge in [-0.1, -0.05) is 44.8 Å². The summed E-state index contributed by atoms with van der Waals surface area (Å²) in [6.07, 6.45) is 5.71. The molecule has 8 heteroatoms. The maximum atomic E-state index is 12.6. The van der Waals surface area contributed by atoms with Crippen LogP contribution in [0.1, 0.15) is 46.0 Å². The summed E-state index contributed by atoms with van der Waals surface area (Å²) in [5.41, 5.74) is 6.07. The fourth-order valence-electron chi connectivity index (χ4n) is 3.43. The second-order valence-corrected chi connectivity index (χ2v) is 8.61. The smallest absolute Gasteiger partial charge is 0.330 e. The van der Waals surface area contributed by atoms with Gasteiger partial charge in [-0.2, -0.15) is 0 Å². The highest BCUT2D eigenvalue weighted by atomic mass is 32.2. The van der Waals surface area contributed by atoms with Crippen molar-refractivity contribution in [1.82, 2.24) is 9.13 Å². The van der Waals surface area contributed by atoms with Crippen molar-refractivity contribution in [3.63, 3.8) is 0 Å². The average Bonchev–Trinajstić information content (AvgIpc) is 2.84. The van der Waals surface area contributed by atoms with Crippen LogP contribution in [-0.4, -0.2) is 25.7 Å². The first-order valence-corrected chi connectivity index (χ1v) is 10.4. The lowest BCUT2D eigenvalue weighted by Crippen LogP contribution is -2.28. The third-order valence-electron chi connectivity index (χ3n) is 5.13. The van der Waals surface area contributed by atoms with E-state index in [-0.39, 0.29) is 16.2 Å². The molecule has 26 heavy (non-hydrogen) atoms. The molecule has 2 atom stereocenters. The quantitative estimate of drug-likeness (QED) is 0.364. The van der Waals surface area contributed by atoms with Crippen LogP contribution in [0.25, 0.3) is 0 Å². The zero-order chi connectivity index (χ0) is 19.4. The van der Waals surface area contributed by atoms with Crippen molar-refractivity contribution in [3.8, 4) is 0 Å². The van der Waals surface area contributed by atoms with E-state index in [0.29, 0.717) is 34.0 Å². The highest BCUT2D eigenvalue weighted by molar-refractivity contribution is 8.14. The summed E-state index contributed by atoms with van der Waals surface area (Å²) < 4.78 is 2.97. The largest absolute Gasteiger partial charge is 0.393 e. The van der Waals surface area contributed by atoms with Gasteiger partial charge in [-0.05, 0) is 19.3 Å². The molecule has 0 aromatic carbocycles. The molecule has 1 aliphatic carbocycles. The number of Topliss-reactive ketones (excluding diaryl/α,β-unsaturated/α-hetero) is 1. The monoisotopic (exact) mass is 396 g/mol. The van der Waals surface area contributed by atoms with E-state index in [1.807, 2.05) is 6.92 Å². The summed E-state index contributed by atoms with van der Waals surface area (Å²) >= 11 is 6.60. The molecule has 2 rings (SSSR count). The Morgan fingerprint density at radius 1 is 1.27 bits per heavy atom. The molecule has 1 heterocycles. The Kier molecular flexibility index (Phi) is 7.23. The van der Waals surface area contributed by atoms with Crippen LogP contribution < -0.4 is 11.4 Å². The van der Waals surface area contributed by atoms with Crippen LogP contribution in [0.5, 0.6) is 0 Å². The third-order valence-corrected chi connectivity index (χ3v) is 6.56. The van der Waals surface area contributed by atoms with Crippen molar-refractivity contribution in [3.05, 3.63) is 15.1 Å². The molecule has 0 spiro atoms. The summed E-state index contributed by atoms with van der Waals surface area (Å²) in [7, 11) is 3.20. The third kappa shape index (κ3) is 4.65. The topological polar surface area (TPSA) is 82.4 Å². The Bertz CT molecular complexity index is 788. The number of aromatic nitrogens is 2. The Morgan fingerprint density at radius 3 is 2.62 bits per heavy atom. The van der Waals surface area contributed by atoms with Crippen LogP contribution in [0.2, 0.25) is 0 Å². The molecular weight excluding hydrogens is 368 g/mol. The summed E-state index contributed by atoms with van der Waals surface area (Å²) in [6, 6.07) is 0. The van der Waals surface area contributed by atoms with Crippen molar-refractivity contribution in [2.45, 2.75) is 46.0 Å². The van der Waals surface area contributed by atoms with Gasteiger partial charge in [-0.15, -0.1) is 11.8 Å². The van der Waals surface area contributed by atoms with Gasteiger partial charge in [0.05, 0.1) is 10.8 Å². The molecule has 2 unspecified atom stereocenters. The first kappa shape index (κ1) is 20.9. The summed E-state index contributed by atoms with van der Waals surface area (Å²) in [5, 5.41) is 0.699. The minimum Gasteiger partial charge on any atom is -0.393 e. The first-order chi connectivity index (χ1) is 12.2. The SMILES string of the molecule is C/C(=N\c1c(N)c(=S)n(C)c(=O)n1C)SCC(=O)C1CCCCCC1C. The molecule has 2 N–H and O–H groups in total. The van der Waals surface area contributed by atoms with Crippen molar-refractivity contribution in [2.75, 3.05) is 11.5 Å². The highest BCUT2D eigenvalue weighted by Gasteiger charge is 2.26. The van der Waals surface area contributed by atoms with E-state index in [1.165, 1.54) is 33.7 Å². The molecule has 1 saturated carbocycles. The van der Waals surface area contributed by atoms with E-state index in [1.54, 1.807) is 14.1 Å². The summed E-state index contributed by atoms with van der Waals surface area (Å²) in [5.74, 6) is 1.65. The Hall–Kier alpha value is -1.41. The van der Waals surface area contributed by atoms with Gasteiger partial charge in [-0.25, -0.2) is 9.79 Å². The number of aliphatic imine (C=N–C) groups is 1. The lowest BCUT2D eigenvalue weighted by Gasteiger charge is -2.19. The van der Waals surface area contributed by atoms with Gasteiger partial charge in [-0.3, -0.25) is 13.9 Å². The van der Waals surface area contributed by atoms with Crippen LogP contribution >= 0.6 is 24.0 Å². The Balaban J connectivity index is 2.13. The number of hydrogen-bond acceptors (Lipinski definition) is 6. The average molecular weight is 397 g/mol. The van der Waals surface area contributed by atoms with Gasteiger partial charge >= 0.3 is 5.69 Å². The number of nitrogens with two attached hydrogens (primary N) is 1. The highest BCUT2D eigenvalue weighted by Crippen LogP contribution is 2.30. The van der Waals surface area contributed by atoms with Crippen molar-refractivity contribution < 1.29 is 4.79 Å². The molecule has 1 aromatic heterocycles. The first-order valence-electron chi connectivity index (χ1n) is 9.00. The molecule has 0 aliphatic heterocycles. The number of carbonyl (C=O) groups excluding carboxylic acids is 1.